The van der Waals surface area contributed by atoms with Gasteiger partial charge in [-0.25, -0.2) is 0 Å². The minimum absolute atomic E-state index is 0.164. The maximum atomic E-state index is 11.1. The smallest absolute Gasteiger partial charge is 0.231 e. The van der Waals surface area contributed by atoms with Crippen molar-refractivity contribution in [3.05, 3.63) is 23.8 Å². The lowest BCUT2D eigenvalue weighted by atomic mass is 10.0. The van der Waals surface area contributed by atoms with Gasteiger partial charge in [-0.15, -0.1) is 0 Å². The van der Waals surface area contributed by atoms with Gasteiger partial charge >= 0.3 is 0 Å². The highest BCUT2D eigenvalue weighted by Crippen LogP contribution is 2.38. The van der Waals surface area contributed by atoms with Crippen LogP contribution in [-0.2, 0) is 4.79 Å². The van der Waals surface area contributed by atoms with Crippen molar-refractivity contribution in [3.8, 4) is 11.5 Å². The van der Waals surface area contributed by atoms with Crippen molar-refractivity contribution >= 4 is 5.91 Å². The molecule has 0 spiro atoms. The van der Waals surface area contributed by atoms with Gasteiger partial charge in [-0.3, -0.25) is 9.69 Å². The highest BCUT2D eigenvalue weighted by Gasteiger charge is 2.29. The first-order valence-electron chi connectivity index (χ1n) is 6.40. The largest absolute Gasteiger partial charge is 0.497 e. The SMILES string of the molecule is COc1ccc(OC)c([C@@H]2CCCN2CC(N)=O)c1. The molecule has 1 fully saturated rings. The number of carbonyl (C=O) groups excluding carboxylic acids is 1. The van der Waals surface area contributed by atoms with Crippen molar-refractivity contribution in [1.29, 1.82) is 0 Å². The van der Waals surface area contributed by atoms with Crippen molar-refractivity contribution in [2.45, 2.75) is 18.9 Å². The van der Waals surface area contributed by atoms with E-state index in [2.05, 4.69) is 4.90 Å². The molecule has 1 aliphatic heterocycles. The van der Waals surface area contributed by atoms with E-state index in [1.54, 1.807) is 14.2 Å². The molecule has 1 saturated heterocycles. The van der Waals surface area contributed by atoms with E-state index in [1.807, 2.05) is 18.2 Å². The third kappa shape index (κ3) is 2.98. The van der Waals surface area contributed by atoms with Crippen LogP contribution in [0.5, 0.6) is 11.5 Å². The number of carbonyl (C=O) groups is 1. The Kier molecular flexibility index (Phi) is 4.27. The summed E-state index contributed by atoms with van der Waals surface area (Å²) < 4.78 is 10.7. The maximum Gasteiger partial charge on any atom is 0.231 e. The summed E-state index contributed by atoms with van der Waals surface area (Å²) in [6.07, 6.45) is 2.05. The van der Waals surface area contributed by atoms with Gasteiger partial charge in [-0.2, -0.15) is 0 Å². The standard InChI is InChI=1S/C14H20N2O3/c1-18-10-5-6-13(19-2)11(8-10)12-4-3-7-16(12)9-14(15)17/h5-6,8,12H,3-4,7,9H2,1-2H3,(H2,15,17)/t12-/m0/s1. The first-order chi connectivity index (χ1) is 9.15. The Balaban J connectivity index is 2.30. The van der Waals surface area contributed by atoms with Crippen LogP contribution in [0.25, 0.3) is 0 Å². The van der Waals surface area contributed by atoms with Crippen molar-refractivity contribution in [3.63, 3.8) is 0 Å². The quantitative estimate of drug-likeness (QED) is 0.871. The third-order valence-electron chi connectivity index (χ3n) is 3.52. The minimum atomic E-state index is -0.297. The molecule has 5 heteroatoms. The first kappa shape index (κ1) is 13.7. The van der Waals surface area contributed by atoms with Crippen LogP contribution in [0.3, 0.4) is 0 Å². The van der Waals surface area contributed by atoms with Gasteiger partial charge in [0, 0.05) is 11.6 Å². The number of hydrogen-bond acceptors (Lipinski definition) is 4. The predicted molar refractivity (Wildman–Crippen MR) is 72.3 cm³/mol. The Bertz CT molecular complexity index is 462. The van der Waals surface area contributed by atoms with Crippen LogP contribution < -0.4 is 15.2 Å². The van der Waals surface area contributed by atoms with Crippen LogP contribution in [0.2, 0.25) is 0 Å². The fourth-order valence-electron chi connectivity index (χ4n) is 2.67. The lowest BCUT2D eigenvalue weighted by Crippen LogP contribution is -2.33. The molecule has 1 aliphatic rings. The van der Waals surface area contributed by atoms with Crippen LogP contribution in [0.15, 0.2) is 18.2 Å². The van der Waals surface area contributed by atoms with Gasteiger partial charge in [0.2, 0.25) is 5.91 Å². The Morgan fingerprint density at radius 3 is 2.84 bits per heavy atom. The van der Waals surface area contributed by atoms with Crippen LogP contribution >= 0.6 is 0 Å². The molecule has 0 bridgehead atoms. The molecule has 2 rings (SSSR count). The van der Waals surface area contributed by atoms with Gasteiger partial charge in [0.05, 0.1) is 20.8 Å². The number of hydrogen-bond donors (Lipinski definition) is 1. The molecule has 0 radical (unpaired) electrons. The Morgan fingerprint density at radius 2 is 2.21 bits per heavy atom. The Morgan fingerprint density at radius 1 is 1.42 bits per heavy atom. The monoisotopic (exact) mass is 264 g/mol. The molecule has 1 heterocycles. The summed E-state index contributed by atoms with van der Waals surface area (Å²) in [6.45, 7) is 1.17. The van der Waals surface area contributed by atoms with E-state index < -0.39 is 0 Å². The van der Waals surface area contributed by atoms with E-state index in [0.717, 1.165) is 36.4 Å². The minimum Gasteiger partial charge on any atom is -0.497 e. The fraction of sp³-hybridized carbons (Fsp3) is 0.500. The molecule has 2 N–H and O–H groups in total. The second-order valence-electron chi connectivity index (χ2n) is 4.70. The number of ether oxygens (including phenoxy) is 2. The van der Waals surface area contributed by atoms with E-state index in [1.165, 1.54) is 0 Å². The maximum absolute atomic E-state index is 11.1. The molecule has 1 aromatic carbocycles. The second kappa shape index (κ2) is 5.93. The molecule has 19 heavy (non-hydrogen) atoms. The van der Waals surface area contributed by atoms with E-state index in [-0.39, 0.29) is 18.5 Å². The summed E-state index contributed by atoms with van der Waals surface area (Å²) in [5, 5.41) is 0. The summed E-state index contributed by atoms with van der Waals surface area (Å²) in [5.74, 6) is 1.32. The highest BCUT2D eigenvalue weighted by atomic mass is 16.5. The summed E-state index contributed by atoms with van der Waals surface area (Å²) in [7, 11) is 3.29. The normalized spacial score (nSPS) is 19.4. The number of rotatable bonds is 5. The summed E-state index contributed by atoms with van der Waals surface area (Å²) >= 11 is 0. The van der Waals surface area contributed by atoms with E-state index in [9.17, 15) is 4.79 Å². The molecule has 104 valence electrons. The molecule has 0 saturated carbocycles. The van der Waals surface area contributed by atoms with Gasteiger partial charge in [0.1, 0.15) is 11.5 Å². The molecular weight excluding hydrogens is 244 g/mol. The predicted octanol–water partition coefficient (Wildman–Crippen LogP) is 1.33. The lowest BCUT2D eigenvalue weighted by molar-refractivity contribution is -0.119. The van der Waals surface area contributed by atoms with Crippen LogP contribution in [0.1, 0.15) is 24.4 Å². The van der Waals surface area contributed by atoms with Gasteiger partial charge in [-0.1, -0.05) is 0 Å². The number of likely N-dealkylation sites (tertiary alicyclic amines) is 1. The number of benzene rings is 1. The lowest BCUT2D eigenvalue weighted by Gasteiger charge is -2.25. The van der Waals surface area contributed by atoms with Crippen LogP contribution in [-0.4, -0.2) is 38.1 Å². The fourth-order valence-corrected chi connectivity index (χ4v) is 2.67. The highest BCUT2D eigenvalue weighted by molar-refractivity contribution is 5.76. The first-order valence-corrected chi connectivity index (χ1v) is 6.40. The van der Waals surface area contributed by atoms with Crippen molar-refractivity contribution in [1.82, 2.24) is 4.90 Å². The molecule has 5 nitrogen and oxygen atoms in total. The molecule has 1 atom stereocenters. The van der Waals surface area contributed by atoms with Crippen LogP contribution in [0, 0.1) is 0 Å². The van der Waals surface area contributed by atoms with Crippen molar-refractivity contribution in [2.24, 2.45) is 5.73 Å². The number of nitrogens with two attached hydrogens (primary N) is 1. The van der Waals surface area contributed by atoms with Gasteiger partial charge in [-0.05, 0) is 37.6 Å². The molecule has 0 unspecified atom stereocenters. The molecular formula is C14H20N2O3. The zero-order valence-electron chi connectivity index (χ0n) is 11.4. The third-order valence-corrected chi connectivity index (χ3v) is 3.52. The van der Waals surface area contributed by atoms with Crippen LogP contribution in [0.4, 0.5) is 0 Å². The average Bonchev–Trinajstić information content (AvgIpc) is 2.85. The average molecular weight is 264 g/mol. The number of methoxy groups -OCH3 is 2. The number of primary amides is 1. The second-order valence-corrected chi connectivity index (χ2v) is 4.70. The summed E-state index contributed by atoms with van der Waals surface area (Å²) in [4.78, 5) is 13.2. The van der Waals surface area contributed by atoms with Crippen molar-refractivity contribution in [2.75, 3.05) is 27.3 Å². The molecule has 1 amide bonds. The zero-order chi connectivity index (χ0) is 13.8. The Labute approximate surface area is 113 Å². The molecule has 0 aliphatic carbocycles. The van der Waals surface area contributed by atoms with E-state index >= 15 is 0 Å². The van der Waals surface area contributed by atoms with E-state index in [4.69, 9.17) is 15.2 Å². The Hall–Kier alpha value is -1.75. The zero-order valence-corrected chi connectivity index (χ0v) is 11.4. The van der Waals surface area contributed by atoms with Crippen molar-refractivity contribution < 1.29 is 14.3 Å². The number of nitrogens with zero attached hydrogens (tertiary/aromatic N) is 1. The van der Waals surface area contributed by atoms with Gasteiger partial charge in [0.15, 0.2) is 0 Å². The number of amides is 1. The van der Waals surface area contributed by atoms with Gasteiger partial charge < -0.3 is 15.2 Å². The topological polar surface area (TPSA) is 64.8 Å². The molecule has 0 aromatic heterocycles. The van der Waals surface area contributed by atoms with Gasteiger partial charge in [0.25, 0.3) is 0 Å². The molecule has 1 aromatic rings. The van der Waals surface area contributed by atoms with E-state index in [0.29, 0.717) is 0 Å². The summed E-state index contributed by atoms with van der Waals surface area (Å²) in [5.41, 5.74) is 6.36. The summed E-state index contributed by atoms with van der Waals surface area (Å²) in [6, 6.07) is 5.91.